The molecule has 1 fully saturated rings. The molecule has 1 aliphatic heterocycles. The van der Waals surface area contributed by atoms with E-state index in [9.17, 15) is 0 Å². The first-order valence-electron chi connectivity index (χ1n) is 6.54. The Bertz CT molecular complexity index is 193. The fourth-order valence-corrected chi connectivity index (χ4v) is 1.65. The van der Waals surface area contributed by atoms with E-state index in [0.717, 1.165) is 0 Å². The van der Waals surface area contributed by atoms with Gasteiger partial charge in [-0.05, 0) is 27.7 Å². The molecule has 0 bridgehead atoms. The van der Waals surface area contributed by atoms with Gasteiger partial charge in [-0.3, -0.25) is 0 Å². The van der Waals surface area contributed by atoms with E-state index in [1.54, 1.807) is 0 Å². The van der Waals surface area contributed by atoms with Crippen LogP contribution in [0.4, 0.5) is 0 Å². The van der Waals surface area contributed by atoms with E-state index in [1.807, 2.05) is 27.7 Å². The van der Waals surface area contributed by atoms with Gasteiger partial charge in [0.1, 0.15) is 0 Å². The average Bonchev–Trinajstić information content (AvgIpc) is 2.73. The van der Waals surface area contributed by atoms with Crippen LogP contribution in [-0.2, 0) is 28.4 Å². The maximum absolute atomic E-state index is 5.61. The maximum atomic E-state index is 5.61. The standard InChI is InChI=1S/C12H24O6/c1-5-13-9(14-6-2)12-17-10(15-7-3)11(18-12)16-8-4/h9-12H,5-8H2,1-4H3. The molecular weight excluding hydrogens is 240 g/mol. The van der Waals surface area contributed by atoms with Crippen molar-refractivity contribution >= 4 is 0 Å². The third-order valence-electron chi connectivity index (χ3n) is 2.30. The Morgan fingerprint density at radius 1 is 0.778 bits per heavy atom. The molecule has 18 heavy (non-hydrogen) atoms. The molecule has 0 amide bonds. The highest BCUT2D eigenvalue weighted by Gasteiger charge is 2.42. The number of hydrogen-bond donors (Lipinski definition) is 0. The van der Waals surface area contributed by atoms with Gasteiger partial charge in [0.2, 0.25) is 25.2 Å². The summed E-state index contributed by atoms with van der Waals surface area (Å²) in [4.78, 5) is 0. The van der Waals surface area contributed by atoms with Crippen LogP contribution in [0, 0.1) is 0 Å². The summed E-state index contributed by atoms with van der Waals surface area (Å²) >= 11 is 0. The first-order valence-corrected chi connectivity index (χ1v) is 6.54. The first kappa shape index (κ1) is 15.8. The summed E-state index contributed by atoms with van der Waals surface area (Å²) in [5, 5.41) is 0. The zero-order valence-corrected chi connectivity index (χ0v) is 11.6. The van der Waals surface area contributed by atoms with Crippen LogP contribution < -0.4 is 0 Å². The summed E-state index contributed by atoms with van der Waals surface area (Å²) in [7, 11) is 0. The van der Waals surface area contributed by atoms with Crippen LogP contribution in [0.25, 0.3) is 0 Å². The molecule has 108 valence electrons. The fourth-order valence-electron chi connectivity index (χ4n) is 1.65. The Morgan fingerprint density at radius 2 is 1.22 bits per heavy atom. The molecule has 0 N–H and O–H groups in total. The van der Waals surface area contributed by atoms with Crippen LogP contribution in [0.1, 0.15) is 27.7 Å². The van der Waals surface area contributed by atoms with Crippen LogP contribution in [0.3, 0.4) is 0 Å². The van der Waals surface area contributed by atoms with E-state index in [0.29, 0.717) is 26.4 Å². The van der Waals surface area contributed by atoms with Crippen LogP contribution in [-0.4, -0.2) is 51.6 Å². The molecule has 2 unspecified atom stereocenters. The van der Waals surface area contributed by atoms with Crippen LogP contribution in [0.15, 0.2) is 0 Å². The SMILES string of the molecule is CCOC(OCC)C1OC(OCC)C(OCC)O1. The van der Waals surface area contributed by atoms with Gasteiger partial charge in [-0.25, -0.2) is 0 Å². The van der Waals surface area contributed by atoms with Gasteiger partial charge in [0.05, 0.1) is 0 Å². The number of ether oxygens (including phenoxy) is 6. The van der Waals surface area contributed by atoms with Gasteiger partial charge in [0.15, 0.2) is 0 Å². The van der Waals surface area contributed by atoms with Crippen molar-refractivity contribution in [3.05, 3.63) is 0 Å². The van der Waals surface area contributed by atoms with Gasteiger partial charge in [-0.1, -0.05) is 0 Å². The largest absolute Gasteiger partial charge is 0.348 e. The minimum absolute atomic E-state index is 0.520. The lowest BCUT2D eigenvalue weighted by molar-refractivity contribution is -0.270. The van der Waals surface area contributed by atoms with Gasteiger partial charge in [0.25, 0.3) is 0 Å². The highest BCUT2D eigenvalue weighted by molar-refractivity contribution is 4.66. The molecule has 6 heteroatoms. The lowest BCUT2D eigenvalue weighted by Crippen LogP contribution is -2.33. The minimum Gasteiger partial charge on any atom is -0.348 e. The van der Waals surface area contributed by atoms with Crippen molar-refractivity contribution in [2.45, 2.75) is 52.9 Å². The zero-order chi connectivity index (χ0) is 13.4. The van der Waals surface area contributed by atoms with Gasteiger partial charge in [-0.15, -0.1) is 0 Å². The topological polar surface area (TPSA) is 55.4 Å². The normalized spacial score (nSPS) is 28.2. The summed E-state index contributed by atoms with van der Waals surface area (Å²) in [5.41, 5.74) is 0. The van der Waals surface area contributed by atoms with E-state index < -0.39 is 25.2 Å². The number of hydrogen-bond acceptors (Lipinski definition) is 6. The summed E-state index contributed by atoms with van der Waals surface area (Å²) in [6.45, 7) is 9.65. The molecule has 6 nitrogen and oxygen atoms in total. The summed E-state index contributed by atoms with van der Waals surface area (Å²) in [5.74, 6) is 0. The number of rotatable bonds is 9. The minimum atomic E-state index is -0.627. The molecule has 1 rings (SSSR count). The van der Waals surface area contributed by atoms with Crippen molar-refractivity contribution in [2.24, 2.45) is 0 Å². The highest BCUT2D eigenvalue weighted by atomic mass is 16.9. The van der Waals surface area contributed by atoms with E-state index in [-0.39, 0.29) is 0 Å². The third-order valence-corrected chi connectivity index (χ3v) is 2.30. The zero-order valence-electron chi connectivity index (χ0n) is 11.6. The molecule has 0 spiro atoms. The smallest absolute Gasteiger partial charge is 0.214 e. The molecule has 0 saturated carbocycles. The molecule has 0 radical (unpaired) electrons. The van der Waals surface area contributed by atoms with E-state index in [2.05, 4.69) is 0 Å². The summed E-state index contributed by atoms with van der Waals surface area (Å²) in [6, 6.07) is 0. The van der Waals surface area contributed by atoms with Crippen LogP contribution in [0.2, 0.25) is 0 Å². The van der Waals surface area contributed by atoms with Crippen molar-refractivity contribution in [2.75, 3.05) is 26.4 Å². The predicted octanol–water partition coefficient (Wildman–Crippen LogP) is 1.48. The molecule has 1 saturated heterocycles. The Labute approximate surface area is 108 Å². The van der Waals surface area contributed by atoms with Crippen molar-refractivity contribution in [3.63, 3.8) is 0 Å². The van der Waals surface area contributed by atoms with Crippen molar-refractivity contribution in [3.8, 4) is 0 Å². The Hall–Kier alpha value is -0.240. The third kappa shape index (κ3) is 4.46. The van der Waals surface area contributed by atoms with Crippen LogP contribution >= 0.6 is 0 Å². The monoisotopic (exact) mass is 264 g/mol. The summed E-state index contributed by atoms with van der Waals surface area (Å²) < 4.78 is 32.9. The van der Waals surface area contributed by atoms with Gasteiger partial charge in [-0.2, -0.15) is 0 Å². The van der Waals surface area contributed by atoms with Crippen molar-refractivity contribution in [1.29, 1.82) is 0 Å². The van der Waals surface area contributed by atoms with Gasteiger partial charge in [0, 0.05) is 26.4 Å². The molecule has 0 aliphatic carbocycles. The molecule has 0 aromatic heterocycles. The second-order valence-corrected chi connectivity index (χ2v) is 3.57. The highest BCUT2D eigenvalue weighted by Crippen LogP contribution is 2.25. The maximum Gasteiger partial charge on any atom is 0.214 e. The lowest BCUT2D eigenvalue weighted by atomic mass is 10.6. The Kier molecular flexibility index (Phi) is 7.73. The van der Waals surface area contributed by atoms with Gasteiger partial charge < -0.3 is 28.4 Å². The Balaban J connectivity index is 2.55. The fraction of sp³-hybridized carbons (Fsp3) is 1.00. The molecule has 1 aliphatic rings. The molecule has 2 atom stereocenters. The molecular formula is C12H24O6. The van der Waals surface area contributed by atoms with Crippen LogP contribution in [0.5, 0.6) is 0 Å². The first-order chi connectivity index (χ1) is 8.76. The molecule has 1 heterocycles. The predicted molar refractivity (Wildman–Crippen MR) is 63.8 cm³/mol. The van der Waals surface area contributed by atoms with Gasteiger partial charge >= 0.3 is 0 Å². The summed E-state index contributed by atoms with van der Waals surface area (Å²) in [6.07, 6.45) is -2.27. The molecule has 0 aromatic carbocycles. The van der Waals surface area contributed by atoms with E-state index in [1.165, 1.54) is 0 Å². The van der Waals surface area contributed by atoms with Crippen molar-refractivity contribution < 1.29 is 28.4 Å². The second kappa shape index (κ2) is 8.79. The van der Waals surface area contributed by atoms with E-state index >= 15 is 0 Å². The second-order valence-electron chi connectivity index (χ2n) is 3.57. The molecule has 0 aromatic rings. The van der Waals surface area contributed by atoms with E-state index in [4.69, 9.17) is 28.4 Å². The average molecular weight is 264 g/mol. The lowest BCUT2D eigenvalue weighted by Gasteiger charge is -2.21. The quantitative estimate of drug-likeness (QED) is 0.588. The Morgan fingerprint density at radius 3 is 1.56 bits per heavy atom. The van der Waals surface area contributed by atoms with Crippen molar-refractivity contribution in [1.82, 2.24) is 0 Å².